The first kappa shape index (κ1) is 13.3. The zero-order valence-electron chi connectivity index (χ0n) is 10.00. The van der Waals surface area contributed by atoms with Crippen LogP contribution in [0.3, 0.4) is 0 Å². The van der Waals surface area contributed by atoms with Crippen LogP contribution in [-0.2, 0) is 0 Å². The molecule has 1 heterocycles. The number of nitrogens with one attached hydrogen (secondary N) is 1. The lowest BCUT2D eigenvalue weighted by atomic mass is 9.89. The first-order valence-corrected chi connectivity index (χ1v) is 5.79. The molecule has 1 rings (SSSR count). The molecule has 0 aliphatic rings. The van der Waals surface area contributed by atoms with Crippen molar-refractivity contribution in [1.29, 1.82) is 0 Å². The number of halogens is 1. The van der Waals surface area contributed by atoms with Gasteiger partial charge in [-0.2, -0.15) is 0 Å². The van der Waals surface area contributed by atoms with Crippen molar-refractivity contribution >= 4 is 17.4 Å². The minimum Gasteiger partial charge on any atom is -0.391 e. The minimum atomic E-state index is -0.374. The minimum absolute atomic E-state index is 0.128. The average molecular weight is 243 g/mol. The number of nitrogens with zero attached hydrogens (tertiary/aromatic N) is 1. The molecular weight excluding hydrogens is 224 g/mol. The van der Waals surface area contributed by atoms with E-state index >= 15 is 0 Å². The van der Waals surface area contributed by atoms with Crippen molar-refractivity contribution in [1.82, 2.24) is 4.98 Å². The SMILES string of the molecule is CC(C)(C)CC(O)CNc1cccc(Cl)n1. The third-order valence-electron chi connectivity index (χ3n) is 2.08. The number of aliphatic hydroxyl groups is 1. The Bertz CT molecular complexity index is 336. The van der Waals surface area contributed by atoms with Crippen LogP contribution in [0.25, 0.3) is 0 Å². The molecule has 2 N–H and O–H groups in total. The molecule has 1 aromatic heterocycles. The van der Waals surface area contributed by atoms with Crippen molar-refractivity contribution in [2.24, 2.45) is 5.41 Å². The van der Waals surface area contributed by atoms with E-state index in [1.165, 1.54) is 0 Å². The first-order valence-electron chi connectivity index (χ1n) is 5.41. The van der Waals surface area contributed by atoms with Gasteiger partial charge in [0.25, 0.3) is 0 Å². The first-order chi connectivity index (χ1) is 7.37. The van der Waals surface area contributed by atoms with Gasteiger partial charge in [-0.25, -0.2) is 4.98 Å². The summed E-state index contributed by atoms with van der Waals surface area (Å²) in [7, 11) is 0. The fourth-order valence-corrected chi connectivity index (χ4v) is 1.67. The van der Waals surface area contributed by atoms with Crippen molar-refractivity contribution in [2.75, 3.05) is 11.9 Å². The number of hydrogen-bond donors (Lipinski definition) is 2. The Kier molecular flexibility index (Phi) is 4.56. The number of hydrogen-bond acceptors (Lipinski definition) is 3. The molecule has 0 amide bonds. The van der Waals surface area contributed by atoms with E-state index in [1.807, 2.05) is 12.1 Å². The third kappa shape index (κ3) is 5.33. The number of aliphatic hydroxyl groups excluding tert-OH is 1. The zero-order chi connectivity index (χ0) is 12.2. The van der Waals surface area contributed by atoms with Crippen LogP contribution < -0.4 is 5.32 Å². The van der Waals surface area contributed by atoms with Gasteiger partial charge in [-0.05, 0) is 24.0 Å². The summed E-state index contributed by atoms with van der Waals surface area (Å²) in [4.78, 5) is 4.08. The molecular formula is C12H19ClN2O. The molecule has 0 radical (unpaired) electrons. The number of anilines is 1. The van der Waals surface area contributed by atoms with Gasteiger partial charge in [-0.1, -0.05) is 38.4 Å². The lowest BCUT2D eigenvalue weighted by Gasteiger charge is -2.22. The summed E-state index contributed by atoms with van der Waals surface area (Å²) in [5.74, 6) is 0.695. The Balaban J connectivity index is 2.40. The second kappa shape index (κ2) is 5.51. The number of aromatic nitrogens is 1. The van der Waals surface area contributed by atoms with E-state index in [9.17, 15) is 5.11 Å². The molecule has 0 aromatic carbocycles. The van der Waals surface area contributed by atoms with Crippen LogP contribution in [0.4, 0.5) is 5.82 Å². The molecule has 0 bridgehead atoms. The molecule has 3 nitrogen and oxygen atoms in total. The van der Waals surface area contributed by atoms with Crippen LogP contribution >= 0.6 is 11.6 Å². The van der Waals surface area contributed by atoms with Gasteiger partial charge >= 0.3 is 0 Å². The van der Waals surface area contributed by atoms with Gasteiger partial charge in [0.15, 0.2) is 0 Å². The summed E-state index contributed by atoms with van der Waals surface area (Å²) in [6.45, 7) is 6.81. The highest BCUT2D eigenvalue weighted by atomic mass is 35.5. The van der Waals surface area contributed by atoms with Crippen molar-refractivity contribution < 1.29 is 5.11 Å². The highest BCUT2D eigenvalue weighted by molar-refractivity contribution is 6.29. The van der Waals surface area contributed by atoms with E-state index in [2.05, 4.69) is 31.1 Å². The van der Waals surface area contributed by atoms with Crippen LogP contribution in [-0.4, -0.2) is 22.7 Å². The molecule has 1 aromatic rings. The molecule has 4 heteroatoms. The van der Waals surface area contributed by atoms with Gasteiger partial charge in [-0.3, -0.25) is 0 Å². The van der Waals surface area contributed by atoms with Crippen LogP contribution in [0.5, 0.6) is 0 Å². The number of pyridine rings is 1. The second-order valence-corrected chi connectivity index (χ2v) is 5.53. The highest BCUT2D eigenvalue weighted by Gasteiger charge is 2.16. The van der Waals surface area contributed by atoms with E-state index < -0.39 is 0 Å². The van der Waals surface area contributed by atoms with Gasteiger partial charge in [0, 0.05) is 6.54 Å². The monoisotopic (exact) mass is 242 g/mol. The maximum absolute atomic E-state index is 9.79. The van der Waals surface area contributed by atoms with Crippen molar-refractivity contribution in [3.8, 4) is 0 Å². The Labute approximate surface area is 102 Å². The summed E-state index contributed by atoms with van der Waals surface area (Å²) >= 11 is 5.75. The van der Waals surface area contributed by atoms with E-state index in [0.29, 0.717) is 17.5 Å². The fourth-order valence-electron chi connectivity index (χ4n) is 1.51. The summed E-state index contributed by atoms with van der Waals surface area (Å²) in [5, 5.41) is 13.3. The Morgan fingerprint density at radius 2 is 2.12 bits per heavy atom. The predicted octanol–water partition coefficient (Wildman–Crippen LogP) is 2.94. The quantitative estimate of drug-likeness (QED) is 0.798. The molecule has 0 saturated heterocycles. The largest absolute Gasteiger partial charge is 0.391 e. The molecule has 1 unspecified atom stereocenters. The molecule has 0 fully saturated rings. The fraction of sp³-hybridized carbons (Fsp3) is 0.583. The Morgan fingerprint density at radius 3 is 2.69 bits per heavy atom. The van der Waals surface area contributed by atoms with Crippen molar-refractivity contribution in [3.63, 3.8) is 0 Å². The topological polar surface area (TPSA) is 45.1 Å². The maximum Gasteiger partial charge on any atom is 0.131 e. The molecule has 0 saturated carbocycles. The summed E-state index contributed by atoms with van der Waals surface area (Å²) in [5.41, 5.74) is 0.128. The van der Waals surface area contributed by atoms with Crippen molar-refractivity contribution in [3.05, 3.63) is 23.4 Å². The lowest BCUT2D eigenvalue weighted by Crippen LogP contribution is -2.25. The maximum atomic E-state index is 9.79. The average Bonchev–Trinajstić information content (AvgIpc) is 2.12. The Morgan fingerprint density at radius 1 is 1.44 bits per heavy atom. The standard InChI is InChI=1S/C12H19ClN2O/c1-12(2,3)7-9(16)8-14-11-6-4-5-10(13)15-11/h4-6,9,16H,7-8H2,1-3H3,(H,14,15). The normalized spacial score (nSPS) is 13.6. The second-order valence-electron chi connectivity index (χ2n) is 5.15. The van der Waals surface area contributed by atoms with Gasteiger partial charge in [-0.15, -0.1) is 0 Å². The molecule has 16 heavy (non-hydrogen) atoms. The van der Waals surface area contributed by atoms with Crippen LogP contribution in [0.2, 0.25) is 5.15 Å². The van der Waals surface area contributed by atoms with E-state index in [-0.39, 0.29) is 11.5 Å². The van der Waals surface area contributed by atoms with Gasteiger partial charge in [0.2, 0.25) is 0 Å². The smallest absolute Gasteiger partial charge is 0.131 e. The number of rotatable bonds is 4. The van der Waals surface area contributed by atoms with Gasteiger partial charge in [0.1, 0.15) is 11.0 Å². The Hall–Kier alpha value is -0.800. The van der Waals surface area contributed by atoms with E-state index in [0.717, 1.165) is 6.42 Å². The molecule has 0 spiro atoms. The molecule has 90 valence electrons. The van der Waals surface area contributed by atoms with Gasteiger partial charge < -0.3 is 10.4 Å². The third-order valence-corrected chi connectivity index (χ3v) is 2.29. The summed E-state index contributed by atoms with van der Waals surface area (Å²) in [6.07, 6.45) is 0.376. The summed E-state index contributed by atoms with van der Waals surface area (Å²) < 4.78 is 0. The van der Waals surface area contributed by atoms with Crippen LogP contribution in [0, 0.1) is 5.41 Å². The van der Waals surface area contributed by atoms with Crippen LogP contribution in [0.1, 0.15) is 27.2 Å². The molecule has 0 aliphatic heterocycles. The van der Waals surface area contributed by atoms with E-state index in [1.54, 1.807) is 6.07 Å². The predicted molar refractivity (Wildman–Crippen MR) is 67.8 cm³/mol. The summed E-state index contributed by atoms with van der Waals surface area (Å²) in [6, 6.07) is 5.38. The van der Waals surface area contributed by atoms with Crippen molar-refractivity contribution in [2.45, 2.75) is 33.3 Å². The van der Waals surface area contributed by atoms with E-state index in [4.69, 9.17) is 11.6 Å². The van der Waals surface area contributed by atoms with Crippen LogP contribution in [0.15, 0.2) is 18.2 Å². The highest BCUT2D eigenvalue weighted by Crippen LogP contribution is 2.20. The lowest BCUT2D eigenvalue weighted by molar-refractivity contribution is 0.132. The van der Waals surface area contributed by atoms with Gasteiger partial charge in [0.05, 0.1) is 6.10 Å². The molecule has 1 atom stereocenters. The zero-order valence-corrected chi connectivity index (χ0v) is 10.8. The molecule has 0 aliphatic carbocycles.